The number of hydrogen-bond donors (Lipinski definition) is 5. The van der Waals surface area contributed by atoms with Crippen LogP contribution in [0.15, 0.2) is 36.5 Å². The molecule has 3 unspecified atom stereocenters. The van der Waals surface area contributed by atoms with Crippen LogP contribution in [0.4, 0.5) is 11.8 Å². The number of rotatable bonds is 11. The first-order valence-electron chi connectivity index (χ1n) is 13.5. The number of halogens is 1. The van der Waals surface area contributed by atoms with Crippen molar-refractivity contribution >= 4 is 47.9 Å². The van der Waals surface area contributed by atoms with Crippen molar-refractivity contribution in [2.75, 3.05) is 37.9 Å². The van der Waals surface area contributed by atoms with E-state index in [9.17, 15) is 19.6 Å². The Balaban J connectivity index is 1.38. The molecule has 2 fully saturated rings. The van der Waals surface area contributed by atoms with Crippen LogP contribution in [0.2, 0.25) is 5.02 Å². The fourth-order valence-electron chi connectivity index (χ4n) is 5.27. The van der Waals surface area contributed by atoms with E-state index in [1.807, 2.05) is 0 Å². The van der Waals surface area contributed by atoms with E-state index in [0.29, 0.717) is 40.5 Å². The van der Waals surface area contributed by atoms with Crippen LogP contribution in [0.3, 0.4) is 0 Å². The summed E-state index contributed by atoms with van der Waals surface area (Å²) in [6, 6.07) is 8.11. The average Bonchev–Trinajstić information content (AvgIpc) is 3.45. The highest BCUT2D eigenvalue weighted by Crippen LogP contribution is 2.51. The van der Waals surface area contributed by atoms with Crippen molar-refractivity contribution in [3.05, 3.63) is 41.6 Å². The molecule has 1 aromatic carbocycles. The van der Waals surface area contributed by atoms with E-state index < -0.39 is 56.0 Å². The number of hydrazine groups is 1. The second-order valence-electron chi connectivity index (χ2n) is 10.9. The van der Waals surface area contributed by atoms with Crippen molar-refractivity contribution in [2.24, 2.45) is 5.84 Å². The average molecular weight is 640 g/mol. The molecule has 0 bridgehead atoms. The molecule has 5 rings (SSSR count). The molecule has 3 heterocycles. The number of benzene rings is 1. The van der Waals surface area contributed by atoms with E-state index >= 15 is 0 Å². The van der Waals surface area contributed by atoms with Crippen molar-refractivity contribution in [2.45, 2.75) is 55.8 Å². The summed E-state index contributed by atoms with van der Waals surface area (Å²) < 4.78 is 38.4. The summed E-state index contributed by atoms with van der Waals surface area (Å²) in [6.45, 7) is 0.975. The van der Waals surface area contributed by atoms with Gasteiger partial charge in [-0.1, -0.05) is 11.6 Å². The van der Waals surface area contributed by atoms with Gasteiger partial charge < -0.3 is 39.2 Å². The Bertz CT molecular complexity index is 1530. The Labute approximate surface area is 252 Å². The van der Waals surface area contributed by atoms with Crippen molar-refractivity contribution in [1.29, 1.82) is 0 Å². The van der Waals surface area contributed by atoms with Crippen LogP contribution in [-0.2, 0) is 23.4 Å². The summed E-state index contributed by atoms with van der Waals surface area (Å²) in [5, 5.41) is 27.7. The van der Waals surface area contributed by atoms with Gasteiger partial charge in [-0.05, 0) is 56.5 Å². The van der Waals surface area contributed by atoms with Gasteiger partial charge in [0.2, 0.25) is 5.95 Å². The highest BCUT2D eigenvalue weighted by molar-refractivity contribution is 7.56. The first-order chi connectivity index (χ1) is 20.3. The second kappa shape index (κ2) is 11.8. The number of carbonyl (C=O) groups is 1. The van der Waals surface area contributed by atoms with Gasteiger partial charge in [-0.25, -0.2) is 10.9 Å². The summed E-state index contributed by atoms with van der Waals surface area (Å²) in [5.74, 6) is 6.00. The monoisotopic (exact) mass is 639 g/mol. The summed E-state index contributed by atoms with van der Waals surface area (Å²) in [6.07, 6.45) is -1.13. The second-order valence-corrected chi connectivity index (χ2v) is 13.4. The van der Waals surface area contributed by atoms with Gasteiger partial charge in [0.25, 0.3) is 0 Å². The SMILES string of the molecule is COC(=O)C1(NP(=O)(COc2ccc(Cl)cc2)OCC2OC(n3ccc4c(N(C)N)nc(N)nc43)[C@](C)(O)[C@@H]2O)CCC1. The number of nitrogen functional groups attached to an aromatic ring is 1. The molecule has 2 aliphatic rings. The number of carbonyl (C=O) groups excluding carboxylic acids is 1. The Morgan fingerprint density at radius 1 is 1.30 bits per heavy atom. The molecular formula is C26H35ClN7O8P. The zero-order valence-electron chi connectivity index (χ0n) is 23.8. The smallest absolute Gasteiger partial charge is 0.326 e. The first-order valence-corrected chi connectivity index (χ1v) is 15.7. The van der Waals surface area contributed by atoms with Crippen LogP contribution in [0.1, 0.15) is 32.4 Å². The number of nitrogens with one attached hydrogen (secondary N) is 1. The number of nitrogens with two attached hydrogens (primary N) is 2. The van der Waals surface area contributed by atoms with Crippen LogP contribution < -0.4 is 26.4 Å². The van der Waals surface area contributed by atoms with E-state index in [1.54, 1.807) is 43.6 Å². The summed E-state index contributed by atoms with van der Waals surface area (Å²) in [7, 11) is -1.11. The van der Waals surface area contributed by atoms with Gasteiger partial charge in [0.15, 0.2) is 18.4 Å². The maximum atomic E-state index is 14.2. The Morgan fingerprint density at radius 3 is 2.60 bits per heavy atom. The number of hydrogen-bond acceptors (Lipinski definition) is 13. The molecule has 5 atom stereocenters. The number of methoxy groups -OCH3 is 1. The van der Waals surface area contributed by atoms with Crippen LogP contribution in [-0.4, -0.2) is 81.2 Å². The minimum atomic E-state index is -3.96. The number of anilines is 2. The molecule has 15 nitrogen and oxygen atoms in total. The zero-order valence-corrected chi connectivity index (χ0v) is 25.5. The number of ether oxygens (including phenoxy) is 3. The van der Waals surface area contributed by atoms with Crippen LogP contribution in [0.25, 0.3) is 11.0 Å². The summed E-state index contributed by atoms with van der Waals surface area (Å²) >= 11 is 5.96. The molecule has 1 saturated heterocycles. The standard InChI is InChI=1S/C26H35ClN7O8P/c1-25(37)19(35)18(42-22(25)34-12-9-17-20(33(2)29)30-24(28)31-21(17)34)13-41-43(38,14-40-16-7-5-15(27)6-8-16)32-26(10-4-11-26)23(36)39-3/h5-9,12,18-19,22,35,37H,4,10-11,13-14,29H2,1-3H3,(H,32,38)(H2,28,30,31)/t18?,19-,22?,25-,43?/m1/s1. The topological polar surface area (TPSA) is 210 Å². The number of esters is 1. The predicted octanol–water partition coefficient (Wildman–Crippen LogP) is 1.92. The molecule has 2 aromatic heterocycles. The van der Waals surface area contributed by atoms with Crippen molar-refractivity contribution in [3.8, 4) is 5.75 Å². The lowest BCUT2D eigenvalue weighted by molar-refractivity contribution is -0.151. The van der Waals surface area contributed by atoms with Gasteiger partial charge in [0, 0.05) is 18.3 Å². The number of nitrogens with zero attached hydrogens (tertiary/aromatic N) is 4. The molecule has 1 saturated carbocycles. The van der Waals surface area contributed by atoms with E-state index in [1.165, 1.54) is 23.6 Å². The lowest BCUT2D eigenvalue weighted by atomic mass is 9.78. The van der Waals surface area contributed by atoms with Crippen molar-refractivity contribution < 1.29 is 38.3 Å². The molecule has 7 N–H and O–H groups in total. The number of aliphatic hydroxyl groups is 2. The molecule has 0 radical (unpaired) electrons. The van der Waals surface area contributed by atoms with E-state index in [0.717, 1.165) is 6.42 Å². The van der Waals surface area contributed by atoms with Crippen molar-refractivity contribution in [1.82, 2.24) is 19.6 Å². The first kappa shape index (κ1) is 31.4. The van der Waals surface area contributed by atoms with Gasteiger partial charge in [-0.3, -0.25) is 14.4 Å². The molecule has 3 aromatic rings. The molecule has 0 amide bonds. The van der Waals surface area contributed by atoms with Crippen LogP contribution in [0, 0.1) is 0 Å². The van der Waals surface area contributed by atoms with Gasteiger partial charge in [0.1, 0.15) is 34.7 Å². The number of aromatic nitrogens is 3. The summed E-state index contributed by atoms with van der Waals surface area (Å²) in [5.41, 5.74) is 3.16. The summed E-state index contributed by atoms with van der Waals surface area (Å²) in [4.78, 5) is 21.1. The molecule has 0 spiro atoms. The Hall–Kier alpha value is -3.01. The molecule has 234 valence electrons. The fourth-order valence-corrected chi connectivity index (χ4v) is 7.27. The Morgan fingerprint density at radius 2 is 2.00 bits per heavy atom. The third-order valence-corrected chi connectivity index (χ3v) is 9.80. The zero-order chi connectivity index (χ0) is 31.2. The van der Waals surface area contributed by atoms with Gasteiger partial charge in [-0.2, -0.15) is 9.97 Å². The fraction of sp³-hybridized carbons (Fsp3) is 0.500. The van der Waals surface area contributed by atoms with Gasteiger partial charge in [-0.15, -0.1) is 0 Å². The number of aliphatic hydroxyl groups excluding tert-OH is 1. The molecular weight excluding hydrogens is 605 g/mol. The third-order valence-electron chi connectivity index (χ3n) is 7.74. The maximum Gasteiger partial charge on any atom is 0.326 e. The molecule has 1 aliphatic carbocycles. The Kier molecular flexibility index (Phi) is 8.64. The van der Waals surface area contributed by atoms with E-state index in [-0.39, 0.29) is 5.95 Å². The maximum absolute atomic E-state index is 14.2. The van der Waals surface area contributed by atoms with Gasteiger partial charge >= 0.3 is 13.5 Å². The lowest BCUT2D eigenvalue weighted by Gasteiger charge is -2.41. The van der Waals surface area contributed by atoms with Crippen LogP contribution >= 0.6 is 19.1 Å². The quantitative estimate of drug-likeness (QED) is 0.0878. The lowest BCUT2D eigenvalue weighted by Crippen LogP contribution is -2.56. The highest BCUT2D eigenvalue weighted by atomic mass is 35.5. The largest absolute Gasteiger partial charge is 0.482 e. The number of fused-ring (bicyclic) bond motifs is 1. The predicted molar refractivity (Wildman–Crippen MR) is 157 cm³/mol. The minimum absolute atomic E-state index is 0.0546. The van der Waals surface area contributed by atoms with E-state index in [4.69, 9.17) is 41.9 Å². The van der Waals surface area contributed by atoms with Crippen molar-refractivity contribution in [3.63, 3.8) is 0 Å². The molecule has 1 aliphatic heterocycles. The van der Waals surface area contributed by atoms with E-state index in [2.05, 4.69) is 15.1 Å². The van der Waals surface area contributed by atoms with Gasteiger partial charge in [0.05, 0.1) is 19.1 Å². The minimum Gasteiger partial charge on any atom is -0.482 e. The van der Waals surface area contributed by atoms with Crippen LogP contribution in [0.5, 0.6) is 5.75 Å². The molecule has 43 heavy (non-hydrogen) atoms. The molecule has 17 heteroatoms. The third kappa shape index (κ3) is 6.04. The normalized spacial score (nSPS) is 26.1. The highest BCUT2D eigenvalue weighted by Gasteiger charge is 2.55.